The first-order valence-corrected chi connectivity index (χ1v) is 10.5. The number of rotatable bonds is 9. The van der Waals surface area contributed by atoms with Gasteiger partial charge in [-0.15, -0.1) is 0 Å². The van der Waals surface area contributed by atoms with Crippen LogP contribution in [0.25, 0.3) is 0 Å². The van der Waals surface area contributed by atoms with Crippen LogP contribution in [0.5, 0.6) is 11.5 Å². The molecule has 0 aliphatic carbocycles. The molecule has 2 heterocycles. The minimum Gasteiger partial charge on any atom is -0.493 e. The maximum absolute atomic E-state index is 12.3. The summed E-state index contributed by atoms with van der Waals surface area (Å²) in [5.41, 5.74) is 2.79. The van der Waals surface area contributed by atoms with Gasteiger partial charge in [-0.2, -0.15) is 0 Å². The topological polar surface area (TPSA) is 82.5 Å². The summed E-state index contributed by atoms with van der Waals surface area (Å²) in [5, 5.41) is 4.77. The summed E-state index contributed by atoms with van der Waals surface area (Å²) in [6, 6.07) is 9.19. The monoisotopic (exact) mass is 427 g/mol. The molecule has 0 saturated carbocycles. The molecular weight excluding hydrogens is 402 g/mol. The third kappa shape index (κ3) is 5.48. The van der Waals surface area contributed by atoms with Gasteiger partial charge in [0.25, 0.3) is 0 Å². The van der Waals surface area contributed by atoms with Gasteiger partial charge in [0.2, 0.25) is 5.91 Å². The molecule has 1 atom stereocenters. The Morgan fingerprint density at radius 2 is 2.00 bits per heavy atom. The molecule has 2 aromatic heterocycles. The molecule has 0 aliphatic rings. The number of benzene rings is 1. The SMILES string of the molecule is COc1cc(C(C)NC(=O)CCn2c(C)csc2=O)ccc1OCc1ccncc1. The van der Waals surface area contributed by atoms with Crippen molar-refractivity contribution in [2.45, 2.75) is 39.5 Å². The molecule has 7 nitrogen and oxygen atoms in total. The fraction of sp³-hybridized carbons (Fsp3) is 0.318. The van der Waals surface area contributed by atoms with Crippen LogP contribution in [-0.2, 0) is 17.9 Å². The molecule has 0 spiro atoms. The lowest BCUT2D eigenvalue weighted by atomic mass is 10.1. The molecular formula is C22H25N3O4S. The van der Waals surface area contributed by atoms with E-state index in [0.717, 1.165) is 28.2 Å². The van der Waals surface area contributed by atoms with E-state index in [1.54, 1.807) is 29.5 Å². The first-order valence-electron chi connectivity index (χ1n) is 9.62. The van der Waals surface area contributed by atoms with E-state index >= 15 is 0 Å². The maximum Gasteiger partial charge on any atom is 0.307 e. The van der Waals surface area contributed by atoms with Gasteiger partial charge in [0.05, 0.1) is 13.2 Å². The van der Waals surface area contributed by atoms with Crippen molar-refractivity contribution in [2.24, 2.45) is 0 Å². The second kappa shape index (κ2) is 10.1. The zero-order valence-electron chi connectivity index (χ0n) is 17.3. The van der Waals surface area contributed by atoms with Crippen LogP contribution in [-0.4, -0.2) is 22.6 Å². The summed E-state index contributed by atoms with van der Waals surface area (Å²) in [6.45, 7) is 4.55. The van der Waals surface area contributed by atoms with E-state index in [4.69, 9.17) is 9.47 Å². The van der Waals surface area contributed by atoms with E-state index in [-0.39, 0.29) is 23.2 Å². The van der Waals surface area contributed by atoms with Gasteiger partial charge in [-0.25, -0.2) is 0 Å². The number of hydrogen-bond acceptors (Lipinski definition) is 6. The highest BCUT2D eigenvalue weighted by Crippen LogP contribution is 2.31. The Morgan fingerprint density at radius 3 is 2.67 bits per heavy atom. The van der Waals surface area contributed by atoms with Crippen LogP contribution in [0.4, 0.5) is 0 Å². The number of nitrogens with one attached hydrogen (secondary N) is 1. The molecule has 1 unspecified atom stereocenters. The highest BCUT2D eigenvalue weighted by atomic mass is 32.1. The van der Waals surface area contributed by atoms with E-state index < -0.39 is 0 Å². The van der Waals surface area contributed by atoms with Gasteiger partial charge in [-0.1, -0.05) is 17.4 Å². The fourth-order valence-electron chi connectivity index (χ4n) is 3.00. The second-order valence-corrected chi connectivity index (χ2v) is 7.71. The van der Waals surface area contributed by atoms with Crippen molar-refractivity contribution in [3.05, 3.63) is 74.6 Å². The van der Waals surface area contributed by atoms with Crippen molar-refractivity contribution in [1.82, 2.24) is 14.9 Å². The molecule has 0 saturated heterocycles. The summed E-state index contributed by atoms with van der Waals surface area (Å²) in [4.78, 5) is 28.1. The number of hydrogen-bond donors (Lipinski definition) is 1. The molecule has 30 heavy (non-hydrogen) atoms. The fourth-order valence-corrected chi connectivity index (χ4v) is 3.76. The molecule has 158 valence electrons. The first-order chi connectivity index (χ1) is 14.5. The van der Waals surface area contributed by atoms with Gasteiger partial charge in [0.1, 0.15) is 6.61 Å². The number of aromatic nitrogens is 2. The number of thiazole rings is 1. The summed E-state index contributed by atoms with van der Waals surface area (Å²) < 4.78 is 12.9. The van der Waals surface area contributed by atoms with Gasteiger partial charge in [0, 0.05) is 36.4 Å². The van der Waals surface area contributed by atoms with Crippen LogP contribution in [0.3, 0.4) is 0 Å². The Bertz CT molecular complexity index is 1050. The third-order valence-electron chi connectivity index (χ3n) is 4.75. The van der Waals surface area contributed by atoms with Crippen molar-refractivity contribution >= 4 is 17.2 Å². The number of nitrogens with zero attached hydrogens (tertiary/aromatic N) is 2. The predicted octanol–water partition coefficient (Wildman–Crippen LogP) is 3.47. The lowest BCUT2D eigenvalue weighted by Crippen LogP contribution is -2.28. The van der Waals surface area contributed by atoms with Crippen molar-refractivity contribution in [2.75, 3.05) is 7.11 Å². The largest absolute Gasteiger partial charge is 0.493 e. The number of carbonyl (C=O) groups is 1. The van der Waals surface area contributed by atoms with Crippen molar-refractivity contribution < 1.29 is 14.3 Å². The summed E-state index contributed by atoms with van der Waals surface area (Å²) >= 11 is 1.15. The van der Waals surface area contributed by atoms with Crippen LogP contribution < -0.4 is 19.7 Å². The van der Waals surface area contributed by atoms with E-state index in [0.29, 0.717) is 24.7 Å². The van der Waals surface area contributed by atoms with Gasteiger partial charge in [-0.05, 0) is 49.2 Å². The van der Waals surface area contributed by atoms with Gasteiger partial charge in [-0.3, -0.25) is 14.6 Å². The number of ether oxygens (including phenoxy) is 2. The average molecular weight is 428 g/mol. The van der Waals surface area contributed by atoms with Crippen molar-refractivity contribution in [3.8, 4) is 11.5 Å². The highest BCUT2D eigenvalue weighted by molar-refractivity contribution is 7.07. The number of aryl methyl sites for hydroxylation is 1. The predicted molar refractivity (Wildman–Crippen MR) is 116 cm³/mol. The molecule has 0 fully saturated rings. The Hall–Kier alpha value is -3.13. The maximum atomic E-state index is 12.3. The van der Waals surface area contributed by atoms with E-state index in [1.165, 1.54) is 0 Å². The third-order valence-corrected chi connectivity index (χ3v) is 5.63. The molecule has 8 heteroatoms. The minimum atomic E-state index is -0.207. The summed E-state index contributed by atoms with van der Waals surface area (Å²) in [7, 11) is 1.59. The molecule has 3 aromatic rings. The lowest BCUT2D eigenvalue weighted by molar-refractivity contribution is -0.121. The van der Waals surface area contributed by atoms with E-state index in [2.05, 4.69) is 10.3 Å². The first kappa shape index (κ1) is 21.6. The Labute approximate surface area is 179 Å². The quantitative estimate of drug-likeness (QED) is 0.565. The normalized spacial score (nSPS) is 11.7. The molecule has 0 bridgehead atoms. The number of methoxy groups -OCH3 is 1. The van der Waals surface area contributed by atoms with Crippen LogP contribution >= 0.6 is 11.3 Å². The Kier molecular flexibility index (Phi) is 7.24. The molecule has 3 rings (SSSR count). The zero-order chi connectivity index (χ0) is 21.5. The Balaban J connectivity index is 1.59. The minimum absolute atomic E-state index is 0.0413. The van der Waals surface area contributed by atoms with Gasteiger partial charge in [0.15, 0.2) is 11.5 Å². The van der Waals surface area contributed by atoms with E-state index in [9.17, 15) is 9.59 Å². The molecule has 1 aromatic carbocycles. The standard InChI is InChI=1S/C22H25N3O4S/c1-15-14-30-22(27)25(15)11-8-21(26)24-16(2)18-4-5-19(20(12-18)28-3)29-13-17-6-9-23-10-7-17/h4-7,9-10,12,14,16H,8,11,13H2,1-3H3,(H,24,26). The number of carbonyl (C=O) groups excluding carboxylic acids is 1. The van der Waals surface area contributed by atoms with Gasteiger partial charge >= 0.3 is 4.87 Å². The molecule has 1 N–H and O–H groups in total. The van der Waals surface area contributed by atoms with Crippen LogP contribution in [0.15, 0.2) is 52.9 Å². The summed E-state index contributed by atoms with van der Waals surface area (Å²) in [5.74, 6) is 1.11. The molecule has 0 aliphatic heterocycles. The zero-order valence-corrected chi connectivity index (χ0v) is 18.1. The van der Waals surface area contributed by atoms with E-state index in [1.807, 2.05) is 44.2 Å². The van der Waals surface area contributed by atoms with Crippen LogP contribution in [0.2, 0.25) is 0 Å². The smallest absolute Gasteiger partial charge is 0.307 e. The molecule has 1 amide bonds. The second-order valence-electron chi connectivity index (χ2n) is 6.89. The van der Waals surface area contributed by atoms with Crippen LogP contribution in [0.1, 0.15) is 36.2 Å². The van der Waals surface area contributed by atoms with Crippen molar-refractivity contribution in [1.29, 1.82) is 0 Å². The highest BCUT2D eigenvalue weighted by Gasteiger charge is 2.14. The van der Waals surface area contributed by atoms with Gasteiger partial charge < -0.3 is 19.4 Å². The Morgan fingerprint density at radius 1 is 1.23 bits per heavy atom. The van der Waals surface area contributed by atoms with Crippen LogP contribution in [0, 0.1) is 6.92 Å². The average Bonchev–Trinajstić information content (AvgIpc) is 3.08. The van der Waals surface area contributed by atoms with Crippen molar-refractivity contribution in [3.63, 3.8) is 0 Å². The number of amides is 1. The number of pyridine rings is 1. The molecule has 0 radical (unpaired) electrons. The lowest BCUT2D eigenvalue weighted by Gasteiger charge is -2.17. The summed E-state index contributed by atoms with van der Waals surface area (Å²) in [6.07, 6.45) is 3.69.